The molecule has 24 heavy (non-hydrogen) atoms. The van der Waals surface area contributed by atoms with Crippen LogP contribution in [0.25, 0.3) is 37.9 Å². The Bertz CT molecular complexity index is 1240. The Morgan fingerprint density at radius 1 is 0.708 bits per heavy atom. The lowest BCUT2D eigenvalue weighted by atomic mass is 9.91. The molecule has 0 fully saturated rings. The van der Waals surface area contributed by atoms with Gasteiger partial charge >= 0.3 is 0 Å². The molecule has 0 spiro atoms. The van der Waals surface area contributed by atoms with Gasteiger partial charge in [-0.05, 0) is 86.3 Å². The maximum atomic E-state index is 12.3. The van der Waals surface area contributed by atoms with Gasteiger partial charge < -0.3 is 0 Å². The van der Waals surface area contributed by atoms with Gasteiger partial charge in [-0.15, -0.1) is 0 Å². The number of allylic oxidation sites excluding steroid dienone is 2. The molecule has 1 heteroatoms. The van der Waals surface area contributed by atoms with Crippen LogP contribution in [-0.2, 0) is 4.79 Å². The number of fused-ring (bicyclic) bond motifs is 8. The molecule has 1 nitrogen and oxygen atoms in total. The number of hydrogen-bond donors (Lipinski definition) is 0. The summed E-state index contributed by atoms with van der Waals surface area (Å²) in [6.07, 6.45) is 2.99. The Morgan fingerprint density at radius 2 is 1.29 bits per heavy atom. The number of Topliss-reactive ketones (excluding diaryl/α,β-unsaturated/α-hetero) is 1. The molecule has 0 aromatic heterocycles. The van der Waals surface area contributed by atoms with E-state index in [0.717, 1.165) is 17.6 Å². The number of benzene rings is 4. The Hall–Kier alpha value is -2.93. The molecule has 0 unspecified atom stereocenters. The highest BCUT2D eigenvalue weighted by atomic mass is 16.1. The van der Waals surface area contributed by atoms with E-state index < -0.39 is 0 Å². The molecule has 0 N–H and O–H groups in total. The van der Waals surface area contributed by atoms with Gasteiger partial charge in [0.05, 0.1) is 5.92 Å². The van der Waals surface area contributed by atoms with Gasteiger partial charge in [0.25, 0.3) is 0 Å². The average Bonchev–Trinajstić information content (AvgIpc) is 3.09. The Kier molecular flexibility index (Phi) is 2.15. The van der Waals surface area contributed by atoms with Crippen LogP contribution in [0.3, 0.4) is 0 Å². The van der Waals surface area contributed by atoms with Crippen molar-refractivity contribution < 1.29 is 4.79 Å². The zero-order chi connectivity index (χ0) is 15.8. The molecule has 0 heterocycles. The predicted octanol–water partition coefficient (Wildman–Crippen LogP) is 5.60. The second-order valence-electron chi connectivity index (χ2n) is 6.96. The van der Waals surface area contributed by atoms with Gasteiger partial charge in [-0.2, -0.15) is 0 Å². The normalized spacial score (nSPS) is 18.6. The fourth-order valence-corrected chi connectivity index (χ4v) is 4.42. The van der Waals surface area contributed by atoms with Crippen molar-refractivity contribution in [2.75, 3.05) is 0 Å². The molecular weight excluding hydrogens is 292 g/mol. The molecule has 4 aromatic carbocycles. The lowest BCUT2D eigenvalue weighted by Crippen LogP contribution is -1.98. The fourth-order valence-electron chi connectivity index (χ4n) is 4.42. The summed E-state index contributed by atoms with van der Waals surface area (Å²) in [6, 6.07) is 22.0. The molecule has 2 bridgehead atoms. The molecule has 0 saturated carbocycles. The zero-order valence-corrected chi connectivity index (χ0v) is 13.0. The van der Waals surface area contributed by atoms with Crippen LogP contribution in [0.15, 0.2) is 66.7 Å². The monoisotopic (exact) mass is 306 g/mol. The molecule has 6 rings (SSSR count). The Balaban J connectivity index is 1.70. The molecule has 0 saturated heterocycles. The van der Waals surface area contributed by atoms with Crippen molar-refractivity contribution in [3.05, 3.63) is 77.9 Å². The summed E-state index contributed by atoms with van der Waals surface area (Å²) in [5, 5.41) is 7.50. The Labute approximate surface area is 139 Å². The van der Waals surface area contributed by atoms with Crippen LogP contribution in [0.2, 0.25) is 0 Å². The third kappa shape index (κ3) is 1.47. The average molecular weight is 306 g/mol. The van der Waals surface area contributed by atoms with Crippen LogP contribution in [0, 0.1) is 0 Å². The quantitative estimate of drug-likeness (QED) is 0.386. The van der Waals surface area contributed by atoms with Gasteiger partial charge in [0.1, 0.15) is 0 Å². The highest BCUT2D eigenvalue weighted by molar-refractivity contribution is 6.30. The zero-order valence-electron chi connectivity index (χ0n) is 13.0. The van der Waals surface area contributed by atoms with Crippen molar-refractivity contribution >= 4 is 43.7 Å². The van der Waals surface area contributed by atoms with Gasteiger partial charge in [-0.3, -0.25) is 4.79 Å². The van der Waals surface area contributed by atoms with Gasteiger partial charge in [-0.25, -0.2) is 0 Å². The number of hydrogen-bond acceptors (Lipinski definition) is 1. The van der Waals surface area contributed by atoms with E-state index in [1.165, 1.54) is 37.9 Å². The van der Waals surface area contributed by atoms with Crippen molar-refractivity contribution in [2.45, 2.75) is 12.3 Å². The standard InChI is InChI=1S/C23H14O/c24-23-19-5-6-20(23)22-12-18-10-16-8-14-4-2-1-3-13(14)7-15(16)9-17(18)11-21(19)22/h1-5,7-12,20H,6H2/t20-/m1/s1. The largest absolute Gasteiger partial charge is 0.293 e. The van der Waals surface area contributed by atoms with E-state index in [4.69, 9.17) is 0 Å². The van der Waals surface area contributed by atoms with Gasteiger partial charge in [-0.1, -0.05) is 30.3 Å². The van der Waals surface area contributed by atoms with Gasteiger partial charge in [0.15, 0.2) is 5.78 Å². The highest BCUT2D eigenvalue weighted by Gasteiger charge is 2.38. The third-order valence-corrected chi connectivity index (χ3v) is 5.63. The van der Waals surface area contributed by atoms with E-state index in [2.05, 4.69) is 66.7 Å². The fraction of sp³-hybridized carbons (Fsp3) is 0.0870. The first-order chi connectivity index (χ1) is 11.8. The van der Waals surface area contributed by atoms with E-state index in [9.17, 15) is 4.79 Å². The molecule has 112 valence electrons. The number of ketones is 1. The van der Waals surface area contributed by atoms with Crippen molar-refractivity contribution in [1.82, 2.24) is 0 Å². The smallest absolute Gasteiger partial charge is 0.170 e. The first kappa shape index (κ1) is 12.5. The molecule has 2 aliphatic carbocycles. The summed E-state index contributed by atoms with van der Waals surface area (Å²) in [7, 11) is 0. The van der Waals surface area contributed by atoms with E-state index in [0.29, 0.717) is 5.78 Å². The van der Waals surface area contributed by atoms with Crippen LogP contribution in [0.1, 0.15) is 23.5 Å². The summed E-state index contributed by atoms with van der Waals surface area (Å²) < 4.78 is 0. The van der Waals surface area contributed by atoms with Crippen molar-refractivity contribution in [1.29, 1.82) is 0 Å². The van der Waals surface area contributed by atoms with Crippen LogP contribution in [-0.4, -0.2) is 5.78 Å². The summed E-state index contributed by atoms with van der Waals surface area (Å²) in [6.45, 7) is 0. The molecule has 4 aromatic rings. The highest BCUT2D eigenvalue weighted by Crippen LogP contribution is 2.47. The molecular formula is C23H14O. The SMILES string of the molecule is O=C1C2=CC[C@@H]1c1cc3cc4cc5ccccc5cc4cc3cc12. The molecule has 1 atom stereocenters. The predicted molar refractivity (Wildman–Crippen MR) is 99.3 cm³/mol. The topological polar surface area (TPSA) is 17.1 Å². The first-order valence-electron chi connectivity index (χ1n) is 8.43. The number of carbonyl (C=O) groups is 1. The molecule has 0 amide bonds. The second-order valence-corrected chi connectivity index (χ2v) is 6.96. The summed E-state index contributed by atoms with van der Waals surface area (Å²) in [5.74, 6) is 0.391. The minimum atomic E-state index is 0.0756. The van der Waals surface area contributed by atoms with Crippen molar-refractivity contribution in [3.8, 4) is 0 Å². The first-order valence-corrected chi connectivity index (χ1v) is 8.43. The van der Waals surface area contributed by atoms with E-state index >= 15 is 0 Å². The maximum Gasteiger partial charge on any atom is 0.170 e. The van der Waals surface area contributed by atoms with Crippen molar-refractivity contribution in [2.24, 2.45) is 0 Å². The minimum Gasteiger partial charge on any atom is -0.293 e. The van der Waals surface area contributed by atoms with E-state index in [1.807, 2.05) is 0 Å². The second kappa shape index (κ2) is 4.12. The van der Waals surface area contributed by atoms with Crippen molar-refractivity contribution in [3.63, 3.8) is 0 Å². The molecule has 0 radical (unpaired) electrons. The lowest BCUT2D eigenvalue weighted by molar-refractivity contribution is -0.114. The van der Waals surface area contributed by atoms with E-state index in [1.54, 1.807) is 0 Å². The summed E-state index contributed by atoms with van der Waals surface area (Å²) in [4.78, 5) is 12.3. The summed E-state index contributed by atoms with van der Waals surface area (Å²) >= 11 is 0. The maximum absolute atomic E-state index is 12.3. The lowest BCUT2D eigenvalue weighted by Gasteiger charge is -2.12. The van der Waals surface area contributed by atoms with Crippen LogP contribution in [0.4, 0.5) is 0 Å². The van der Waals surface area contributed by atoms with Crippen LogP contribution in [0.5, 0.6) is 0 Å². The number of rotatable bonds is 0. The number of carbonyl (C=O) groups excluding carboxylic acids is 1. The molecule has 2 aliphatic rings. The van der Waals surface area contributed by atoms with Gasteiger partial charge in [0.2, 0.25) is 0 Å². The van der Waals surface area contributed by atoms with E-state index in [-0.39, 0.29) is 5.92 Å². The van der Waals surface area contributed by atoms with Gasteiger partial charge in [0, 0.05) is 5.57 Å². The molecule has 0 aliphatic heterocycles. The van der Waals surface area contributed by atoms with Crippen LogP contribution >= 0.6 is 0 Å². The minimum absolute atomic E-state index is 0.0756. The van der Waals surface area contributed by atoms with Crippen LogP contribution < -0.4 is 0 Å². The Morgan fingerprint density at radius 3 is 2.00 bits per heavy atom. The summed E-state index contributed by atoms with van der Waals surface area (Å²) in [5.41, 5.74) is 3.32. The third-order valence-electron chi connectivity index (χ3n) is 5.63.